The molecule has 0 unspecified atom stereocenters. The van der Waals surface area contributed by atoms with Crippen LogP contribution in [0.4, 0.5) is 0 Å². The fourth-order valence-corrected chi connectivity index (χ4v) is 5.48. The predicted molar refractivity (Wildman–Crippen MR) is 118 cm³/mol. The summed E-state index contributed by atoms with van der Waals surface area (Å²) in [6.07, 6.45) is 1.91. The number of fused-ring (bicyclic) bond motifs is 3. The second-order valence-corrected chi connectivity index (χ2v) is 9.08. The van der Waals surface area contributed by atoms with Crippen molar-refractivity contribution in [3.05, 3.63) is 58.7 Å². The zero-order valence-electron chi connectivity index (χ0n) is 16.2. The van der Waals surface area contributed by atoms with Crippen LogP contribution < -0.4 is 16.2 Å². The molecule has 0 atom stereocenters. The number of hydrogen-bond acceptors (Lipinski definition) is 5. The number of nitrogens with two attached hydrogens (primary N) is 2. The third kappa shape index (κ3) is 3.40. The molecule has 4 N–H and O–H groups in total. The first kappa shape index (κ1) is 20.2. The van der Waals surface area contributed by atoms with E-state index in [2.05, 4.69) is 10.2 Å². The largest absolute Gasteiger partial charge is 0.497 e. The Morgan fingerprint density at radius 1 is 1.13 bits per heavy atom. The lowest BCUT2D eigenvalue weighted by Gasteiger charge is -2.17. The Morgan fingerprint density at radius 3 is 2.53 bits per heavy atom. The number of halogens is 1. The number of aromatic nitrogens is 1. The van der Waals surface area contributed by atoms with Gasteiger partial charge in [-0.05, 0) is 61.7 Å². The van der Waals surface area contributed by atoms with Gasteiger partial charge in [0.1, 0.15) is 5.75 Å². The van der Waals surface area contributed by atoms with E-state index in [0.717, 1.165) is 0 Å². The molecule has 1 aromatic heterocycles. The van der Waals surface area contributed by atoms with Gasteiger partial charge in [0, 0.05) is 21.7 Å². The van der Waals surface area contributed by atoms with Gasteiger partial charge >= 0.3 is 0 Å². The molecule has 0 saturated carbocycles. The molecule has 0 amide bonds. The van der Waals surface area contributed by atoms with Crippen molar-refractivity contribution in [3.8, 4) is 5.75 Å². The van der Waals surface area contributed by atoms with Gasteiger partial charge in [0.05, 0.1) is 23.2 Å². The van der Waals surface area contributed by atoms with E-state index in [1.54, 1.807) is 30.3 Å². The van der Waals surface area contributed by atoms with E-state index < -0.39 is 10.0 Å². The van der Waals surface area contributed by atoms with E-state index in [1.165, 1.54) is 23.2 Å². The molecule has 0 fully saturated rings. The van der Waals surface area contributed by atoms with Crippen molar-refractivity contribution in [2.24, 2.45) is 21.7 Å². The maximum Gasteiger partial charge on any atom is 0.268 e. The number of rotatable bonds is 4. The van der Waals surface area contributed by atoms with Gasteiger partial charge in [0.25, 0.3) is 10.0 Å². The second-order valence-electron chi connectivity index (χ2n) is 6.85. The van der Waals surface area contributed by atoms with Gasteiger partial charge in [-0.1, -0.05) is 11.6 Å². The maximum atomic E-state index is 13.6. The average molecular weight is 446 g/mol. The summed E-state index contributed by atoms with van der Waals surface area (Å²) in [5, 5.41) is 9.15. The Labute approximate surface area is 178 Å². The molecule has 4 rings (SSSR count). The van der Waals surface area contributed by atoms with Crippen LogP contribution in [0.1, 0.15) is 24.1 Å². The highest BCUT2D eigenvalue weighted by atomic mass is 35.5. The molecular weight excluding hydrogens is 426 g/mol. The summed E-state index contributed by atoms with van der Waals surface area (Å²) in [6.45, 7) is 0. The van der Waals surface area contributed by atoms with Crippen molar-refractivity contribution >= 4 is 44.2 Å². The highest BCUT2D eigenvalue weighted by Gasteiger charge is 2.31. The predicted octanol–water partition coefficient (Wildman–Crippen LogP) is 2.85. The lowest BCUT2D eigenvalue weighted by atomic mass is 9.94. The van der Waals surface area contributed by atoms with Crippen LogP contribution >= 0.6 is 11.6 Å². The number of guanidine groups is 1. The number of nitrogens with zero attached hydrogens (tertiary/aromatic N) is 3. The van der Waals surface area contributed by atoms with Crippen LogP contribution in [-0.2, 0) is 16.4 Å². The van der Waals surface area contributed by atoms with Crippen molar-refractivity contribution in [2.45, 2.75) is 24.2 Å². The molecule has 0 radical (unpaired) electrons. The minimum Gasteiger partial charge on any atom is -0.497 e. The summed E-state index contributed by atoms with van der Waals surface area (Å²) in [5.74, 6) is 0.411. The topological polar surface area (TPSA) is 125 Å². The minimum absolute atomic E-state index is 0.159. The smallest absolute Gasteiger partial charge is 0.268 e. The normalized spacial score (nSPS) is 15.2. The van der Waals surface area contributed by atoms with E-state index in [1.807, 2.05) is 0 Å². The number of hydrogen-bond donors (Lipinski definition) is 2. The van der Waals surface area contributed by atoms with E-state index in [-0.39, 0.29) is 10.9 Å². The van der Waals surface area contributed by atoms with Crippen molar-refractivity contribution < 1.29 is 13.2 Å². The lowest BCUT2D eigenvalue weighted by Crippen LogP contribution is -2.23. The number of ether oxygens (including phenoxy) is 1. The first-order valence-corrected chi connectivity index (χ1v) is 11.0. The van der Waals surface area contributed by atoms with Crippen molar-refractivity contribution in [3.63, 3.8) is 0 Å². The zero-order valence-corrected chi connectivity index (χ0v) is 17.7. The molecule has 8 nitrogen and oxygen atoms in total. The van der Waals surface area contributed by atoms with Crippen molar-refractivity contribution in [1.82, 2.24) is 3.97 Å². The molecule has 2 aromatic carbocycles. The Hall–Kier alpha value is -3.04. The van der Waals surface area contributed by atoms with Crippen LogP contribution in [0.2, 0.25) is 5.02 Å². The average Bonchev–Trinajstić information content (AvgIpc) is 3.07. The molecule has 0 bridgehead atoms. The first-order chi connectivity index (χ1) is 14.3. The third-order valence-electron chi connectivity index (χ3n) is 4.98. The molecule has 30 heavy (non-hydrogen) atoms. The minimum atomic E-state index is -3.88. The van der Waals surface area contributed by atoms with Crippen molar-refractivity contribution in [2.75, 3.05) is 7.11 Å². The summed E-state index contributed by atoms with van der Waals surface area (Å²) in [5.41, 5.74) is 13.4. The lowest BCUT2D eigenvalue weighted by molar-refractivity contribution is 0.414. The molecule has 1 heterocycles. The monoisotopic (exact) mass is 445 g/mol. The summed E-state index contributed by atoms with van der Waals surface area (Å²) in [4.78, 5) is 0.159. The highest BCUT2D eigenvalue weighted by molar-refractivity contribution is 7.90. The molecule has 0 spiro atoms. The van der Waals surface area contributed by atoms with Crippen LogP contribution in [-0.4, -0.2) is 31.2 Å². The standard InChI is InChI=1S/C20H20ClN5O3S/c1-29-13-6-8-14(9-7-13)30(27,28)26-17-10-5-12(21)11-15(17)19-16(24-25-20(22)23)3-2-4-18(19)26/h5-11H,2-4H2,1H3,(H4,22,23,25)/b24-16-. The summed E-state index contributed by atoms with van der Waals surface area (Å²) in [7, 11) is -2.35. The molecule has 156 valence electrons. The van der Waals surface area contributed by atoms with Crippen LogP contribution in [0.3, 0.4) is 0 Å². The van der Waals surface area contributed by atoms with E-state index in [9.17, 15) is 8.42 Å². The van der Waals surface area contributed by atoms with Gasteiger partial charge in [-0.2, -0.15) is 5.10 Å². The molecule has 0 aliphatic heterocycles. The molecule has 1 aliphatic rings. The van der Waals surface area contributed by atoms with E-state index in [4.69, 9.17) is 27.8 Å². The molecule has 10 heteroatoms. The van der Waals surface area contributed by atoms with E-state index in [0.29, 0.717) is 57.9 Å². The van der Waals surface area contributed by atoms with E-state index >= 15 is 0 Å². The zero-order chi connectivity index (χ0) is 21.5. The Kier molecular flexibility index (Phi) is 5.17. The van der Waals surface area contributed by atoms with Crippen molar-refractivity contribution in [1.29, 1.82) is 0 Å². The molecular formula is C20H20ClN5O3S. The summed E-state index contributed by atoms with van der Waals surface area (Å²) < 4.78 is 33.8. The molecule has 3 aromatic rings. The first-order valence-electron chi connectivity index (χ1n) is 9.21. The van der Waals surface area contributed by atoms with Crippen LogP contribution in [0, 0.1) is 0 Å². The Bertz CT molecular complexity index is 1290. The summed E-state index contributed by atoms with van der Waals surface area (Å²) in [6, 6.07) is 11.4. The van der Waals surface area contributed by atoms with Crippen LogP contribution in [0.15, 0.2) is 57.6 Å². The third-order valence-corrected chi connectivity index (χ3v) is 6.98. The van der Waals surface area contributed by atoms with Crippen LogP contribution in [0.25, 0.3) is 10.9 Å². The van der Waals surface area contributed by atoms with Gasteiger partial charge < -0.3 is 16.2 Å². The fraction of sp³-hybridized carbons (Fsp3) is 0.200. The maximum absolute atomic E-state index is 13.6. The fourth-order valence-electron chi connectivity index (χ4n) is 3.73. The SMILES string of the molecule is COc1ccc(S(=O)(=O)n2c3c(c4cc(Cl)ccc42)/C(=N\N=C(N)N)CCC3)cc1. The quantitative estimate of drug-likeness (QED) is 0.363. The second kappa shape index (κ2) is 7.66. The van der Waals surface area contributed by atoms with Gasteiger partial charge in [-0.15, -0.1) is 5.10 Å². The van der Waals surface area contributed by atoms with Gasteiger partial charge in [0.2, 0.25) is 5.96 Å². The summed E-state index contributed by atoms with van der Waals surface area (Å²) >= 11 is 6.23. The highest BCUT2D eigenvalue weighted by Crippen LogP contribution is 2.36. The van der Waals surface area contributed by atoms with Gasteiger partial charge in [-0.3, -0.25) is 0 Å². The number of methoxy groups -OCH3 is 1. The van der Waals surface area contributed by atoms with Gasteiger partial charge in [-0.25, -0.2) is 12.4 Å². The number of benzene rings is 2. The Balaban J connectivity index is 2.02. The molecule has 0 saturated heterocycles. The van der Waals surface area contributed by atoms with Gasteiger partial charge in [0.15, 0.2) is 0 Å². The molecule has 1 aliphatic carbocycles. The Morgan fingerprint density at radius 2 is 1.87 bits per heavy atom. The van der Waals surface area contributed by atoms with Crippen LogP contribution in [0.5, 0.6) is 5.75 Å².